The molecule has 1 N–H and O–H groups in total. The van der Waals surface area contributed by atoms with E-state index in [-0.39, 0.29) is 5.91 Å². The minimum absolute atomic E-state index is 0.0898. The molecule has 1 aliphatic heterocycles. The SMILES string of the molecule is CN(C)C[C@H](O)c1cc2n(n1)CCCN(C(=O)c1cccn1C1CC1)C2. The second-order valence-corrected chi connectivity index (χ2v) is 7.67. The number of likely N-dealkylation sites (N-methyl/N-ethyl adjacent to an activating group) is 1. The van der Waals surface area contributed by atoms with Gasteiger partial charge in [-0.1, -0.05) is 0 Å². The first-order valence-corrected chi connectivity index (χ1v) is 9.38. The lowest BCUT2D eigenvalue weighted by Gasteiger charge is -2.21. The quantitative estimate of drug-likeness (QED) is 0.884. The van der Waals surface area contributed by atoms with E-state index >= 15 is 0 Å². The minimum Gasteiger partial charge on any atom is -0.385 e. The first kappa shape index (κ1) is 17.3. The lowest BCUT2D eigenvalue weighted by atomic mass is 10.2. The average molecular weight is 357 g/mol. The number of hydrogen-bond donors (Lipinski definition) is 1. The van der Waals surface area contributed by atoms with Crippen LogP contribution in [0.15, 0.2) is 24.4 Å². The summed E-state index contributed by atoms with van der Waals surface area (Å²) in [4.78, 5) is 16.9. The van der Waals surface area contributed by atoms with E-state index in [1.54, 1.807) is 0 Å². The summed E-state index contributed by atoms with van der Waals surface area (Å²) in [5.41, 5.74) is 2.46. The van der Waals surface area contributed by atoms with Crippen molar-refractivity contribution < 1.29 is 9.90 Å². The molecule has 0 unspecified atom stereocenters. The lowest BCUT2D eigenvalue weighted by Crippen LogP contribution is -2.32. The highest BCUT2D eigenvalue weighted by atomic mass is 16.3. The largest absolute Gasteiger partial charge is 0.385 e. The Morgan fingerprint density at radius 2 is 2.19 bits per heavy atom. The van der Waals surface area contributed by atoms with Crippen molar-refractivity contribution in [2.45, 2.75) is 44.5 Å². The Hall–Kier alpha value is -2.12. The Morgan fingerprint density at radius 1 is 1.38 bits per heavy atom. The molecule has 0 radical (unpaired) electrons. The number of aryl methyl sites for hydroxylation is 1. The summed E-state index contributed by atoms with van der Waals surface area (Å²) in [5, 5.41) is 14.9. The van der Waals surface area contributed by atoms with Gasteiger partial charge in [0.25, 0.3) is 5.91 Å². The van der Waals surface area contributed by atoms with Crippen LogP contribution in [-0.4, -0.2) is 62.3 Å². The van der Waals surface area contributed by atoms with E-state index < -0.39 is 6.10 Å². The summed E-state index contributed by atoms with van der Waals surface area (Å²) in [6.07, 6.45) is 4.60. The van der Waals surface area contributed by atoms with Crippen LogP contribution in [0, 0.1) is 0 Å². The van der Waals surface area contributed by atoms with Crippen molar-refractivity contribution in [1.29, 1.82) is 0 Å². The molecule has 2 aliphatic rings. The molecule has 2 aromatic heterocycles. The fourth-order valence-corrected chi connectivity index (χ4v) is 3.67. The van der Waals surface area contributed by atoms with Crippen LogP contribution in [0.3, 0.4) is 0 Å². The molecular weight excluding hydrogens is 330 g/mol. The molecule has 1 atom stereocenters. The van der Waals surface area contributed by atoms with Crippen LogP contribution in [0.1, 0.15) is 53.3 Å². The third-order valence-corrected chi connectivity index (χ3v) is 5.14. The predicted octanol–water partition coefficient (Wildman–Crippen LogP) is 1.66. The number of hydrogen-bond acceptors (Lipinski definition) is 4. The summed E-state index contributed by atoms with van der Waals surface area (Å²) in [7, 11) is 3.86. The molecular formula is C19H27N5O2. The fourth-order valence-electron chi connectivity index (χ4n) is 3.67. The molecule has 1 fully saturated rings. The summed E-state index contributed by atoms with van der Waals surface area (Å²) in [6.45, 7) is 2.58. The molecule has 7 nitrogen and oxygen atoms in total. The topological polar surface area (TPSA) is 66.5 Å². The van der Waals surface area contributed by atoms with Crippen molar-refractivity contribution >= 4 is 5.91 Å². The van der Waals surface area contributed by atoms with Crippen molar-refractivity contribution in [2.24, 2.45) is 0 Å². The highest BCUT2D eigenvalue weighted by Crippen LogP contribution is 2.36. The number of amides is 1. The molecule has 0 saturated heterocycles. The first-order chi connectivity index (χ1) is 12.5. The number of rotatable bonds is 5. The van der Waals surface area contributed by atoms with E-state index in [9.17, 15) is 9.90 Å². The van der Waals surface area contributed by atoms with Crippen LogP contribution in [0.2, 0.25) is 0 Å². The van der Waals surface area contributed by atoms with Crippen LogP contribution in [0.4, 0.5) is 0 Å². The zero-order chi connectivity index (χ0) is 18.3. The van der Waals surface area contributed by atoms with E-state index in [0.717, 1.165) is 43.7 Å². The van der Waals surface area contributed by atoms with Gasteiger partial charge in [-0.2, -0.15) is 5.10 Å². The zero-order valence-corrected chi connectivity index (χ0v) is 15.5. The first-order valence-electron chi connectivity index (χ1n) is 9.38. The highest BCUT2D eigenvalue weighted by Gasteiger charge is 2.29. The molecule has 7 heteroatoms. The Balaban J connectivity index is 1.53. The lowest BCUT2D eigenvalue weighted by molar-refractivity contribution is 0.0734. The normalized spacial score (nSPS) is 18.7. The molecule has 2 aromatic rings. The minimum atomic E-state index is -0.610. The fraction of sp³-hybridized carbons (Fsp3) is 0.579. The van der Waals surface area contributed by atoms with Crippen molar-refractivity contribution in [1.82, 2.24) is 24.1 Å². The summed E-state index contributed by atoms with van der Waals surface area (Å²) in [5.74, 6) is 0.0898. The number of aliphatic hydroxyl groups is 1. The summed E-state index contributed by atoms with van der Waals surface area (Å²) < 4.78 is 4.07. The van der Waals surface area contributed by atoms with Crippen LogP contribution >= 0.6 is 0 Å². The van der Waals surface area contributed by atoms with Gasteiger partial charge in [-0.3, -0.25) is 9.48 Å². The van der Waals surface area contributed by atoms with Gasteiger partial charge in [0, 0.05) is 31.9 Å². The maximum atomic E-state index is 13.1. The zero-order valence-electron chi connectivity index (χ0n) is 15.5. The van der Waals surface area contributed by atoms with Gasteiger partial charge in [-0.25, -0.2) is 0 Å². The standard InChI is InChI=1S/C19H27N5O2/c1-21(2)13-18(25)16-11-15-12-22(8-4-10-24(15)20-16)19(26)17-5-3-9-23(17)14-6-7-14/h3,5,9,11,14,18,25H,4,6-8,10,12-13H2,1-2H3/t18-/m0/s1. The van der Waals surface area contributed by atoms with Gasteiger partial charge in [0.1, 0.15) is 11.8 Å². The Kier molecular flexibility index (Phi) is 4.58. The summed E-state index contributed by atoms with van der Waals surface area (Å²) >= 11 is 0. The van der Waals surface area contributed by atoms with Gasteiger partial charge in [-0.05, 0) is 51.6 Å². The van der Waals surface area contributed by atoms with Gasteiger partial charge in [0.2, 0.25) is 0 Å². The van der Waals surface area contributed by atoms with Gasteiger partial charge in [0.05, 0.1) is 17.9 Å². The van der Waals surface area contributed by atoms with E-state index in [0.29, 0.717) is 24.8 Å². The third-order valence-electron chi connectivity index (χ3n) is 5.14. The number of aromatic nitrogens is 3. The Labute approximate surface area is 153 Å². The number of aliphatic hydroxyl groups excluding tert-OH is 1. The van der Waals surface area contributed by atoms with E-state index in [1.807, 2.05) is 53.0 Å². The molecule has 26 heavy (non-hydrogen) atoms. The van der Waals surface area contributed by atoms with Crippen molar-refractivity contribution in [3.05, 3.63) is 41.5 Å². The monoisotopic (exact) mass is 357 g/mol. The van der Waals surface area contributed by atoms with E-state index in [4.69, 9.17) is 0 Å². The third kappa shape index (κ3) is 3.41. The number of fused-ring (bicyclic) bond motifs is 1. The Morgan fingerprint density at radius 3 is 2.92 bits per heavy atom. The van der Waals surface area contributed by atoms with Crippen LogP contribution < -0.4 is 0 Å². The average Bonchev–Trinajstić information content (AvgIpc) is 3.25. The maximum absolute atomic E-state index is 13.1. The van der Waals surface area contributed by atoms with E-state index in [2.05, 4.69) is 9.67 Å². The highest BCUT2D eigenvalue weighted by molar-refractivity contribution is 5.92. The predicted molar refractivity (Wildman–Crippen MR) is 97.8 cm³/mol. The molecule has 1 amide bonds. The molecule has 1 saturated carbocycles. The van der Waals surface area contributed by atoms with Crippen LogP contribution in [0.25, 0.3) is 0 Å². The van der Waals surface area contributed by atoms with Gasteiger partial charge >= 0.3 is 0 Å². The second kappa shape index (κ2) is 6.89. The number of nitrogens with zero attached hydrogens (tertiary/aromatic N) is 5. The molecule has 1 aliphatic carbocycles. The smallest absolute Gasteiger partial charge is 0.270 e. The molecule has 0 aromatic carbocycles. The molecule has 140 valence electrons. The van der Waals surface area contributed by atoms with Crippen molar-refractivity contribution in [3.63, 3.8) is 0 Å². The summed E-state index contributed by atoms with van der Waals surface area (Å²) in [6, 6.07) is 6.33. The number of carbonyl (C=O) groups is 1. The maximum Gasteiger partial charge on any atom is 0.270 e. The van der Waals surface area contributed by atoms with Gasteiger partial charge in [0.15, 0.2) is 0 Å². The second-order valence-electron chi connectivity index (χ2n) is 7.67. The molecule has 3 heterocycles. The van der Waals surface area contributed by atoms with Crippen molar-refractivity contribution in [2.75, 3.05) is 27.2 Å². The molecule has 0 bridgehead atoms. The van der Waals surface area contributed by atoms with Crippen molar-refractivity contribution in [3.8, 4) is 0 Å². The van der Waals surface area contributed by atoms with Crippen LogP contribution in [0.5, 0.6) is 0 Å². The van der Waals surface area contributed by atoms with Crippen LogP contribution in [-0.2, 0) is 13.1 Å². The Bertz CT molecular complexity index is 790. The molecule has 4 rings (SSSR count). The van der Waals surface area contributed by atoms with Gasteiger partial charge in [-0.15, -0.1) is 0 Å². The molecule has 0 spiro atoms. The van der Waals surface area contributed by atoms with Gasteiger partial charge < -0.3 is 19.5 Å². The number of carbonyl (C=O) groups excluding carboxylic acids is 1. The van der Waals surface area contributed by atoms with E-state index in [1.165, 1.54) is 0 Å².